The quantitative estimate of drug-likeness (QED) is 0.611. The fourth-order valence-electron chi connectivity index (χ4n) is 2.03. The Morgan fingerprint density at radius 3 is 2.59 bits per heavy atom. The molecule has 17 heavy (non-hydrogen) atoms. The van der Waals surface area contributed by atoms with Crippen LogP contribution < -0.4 is 0 Å². The lowest BCUT2D eigenvalue weighted by atomic mass is 9.92. The molecule has 1 aromatic rings. The predicted octanol–water partition coefficient (Wildman–Crippen LogP) is 2.93. The zero-order chi connectivity index (χ0) is 12.8. The average Bonchev–Trinajstić information content (AvgIpc) is 2.29. The van der Waals surface area contributed by atoms with E-state index in [1.54, 1.807) is 19.1 Å². The van der Waals surface area contributed by atoms with Crippen LogP contribution in [0.2, 0.25) is 0 Å². The van der Waals surface area contributed by atoms with Crippen molar-refractivity contribution in [2.75, 3.05) is 0 Å². The van der Waals surface area contributed by atoms with E-state index in [2.05, 4.69) is 0 Å². The van der Waals surface area contributed by atoms with E-state index in [0.29, 0.717) is 6.42 Å². The summed E-state index contributed by atoms with van der Waals surface area (Å²) in [4.78, 5) is 10.5. The van der Waals surface area contributed by atoms with Gasteiger partial charge in [-0.3, -0.25) is 10.1 Å². The van der Waals surface area contributed by atoms with Gasteiger partial charge >= 0.3 is 0 Å². The lowest BCUT2D eigenvalue weighted by Crippen LogP contribution is -2.16. The van der Waals surface area contributed by atoms with Gasteiger partial charge in [0.05, 0.1) is 11.0 Å². The summed E-state index contributed by atoms with van der Waals surface area (Å²) in [6.07, 6.45) is 1.94. The number of para-hydroxylation sites is 1. The van der Waals surface area contributed by atoms with Gasteiger partial charge in [0.2, 0.25) is 0 Å². The first-order valence-electron chi connectivity index (χ1n) is 5.96. The van der Waals surface area contributed by atoms with Crippen LogP contribution >= 0.6 is 0 Å². The number of hydrogen-bond acceptors (Lipinski definition) is 3. The second kappa shape index (κ2) is 6.35. The monoisotopic (exact) mass is 237 g/mol. The third kappa shape index (κ3) is 3.82. The Hall–Kier alpha value is -1.42. The largest absolute Gasteiger partial charge is 0.393 e. The van der Waals surface area contributed by atoms with Crippen molar-refractivity contribution in [1.82, 2.24) is 0 Å². The molecule has 94 valence electrons. The van der Waals surface area contributed by atoms with Gasteiger partial charge in [0.25, 0.3) is 5.69 Å². The standard InChI is InChI=1S/C13H19NO3/c1-3-11(10(2)15)8-9-12-6-4-5-7-13(12)14(16)17/h4-7,10-11,15H,3,8-9H2,1-2H3. The highest BCUT2D eigenvalue weighted by Gasteiger charge is 2.16. The van der Waals surface area contributed by atoms with Gasteiger partial charge in [0.1, 0.15) is 0 Å². The smallest absolute Gasteiger partial charge is 0.272 e. The molecule has 0 aliphatic heterocycles. The van der Waals surface area contributed by atoms with Crippen LogP contribution in [0.5, 0.6) is 0 Å². The molecule has 1 rings (SSSR count). The molecule has 1 aromatic carbocycles. The predicted molar refractivity (Wildman–Crippen MR) is 66.9 cm³/mol. The van der Waals surface area contributed by atoms with Crippen LogP contribution in [0.3, 0.4) is 0 Å². The van der Waals surface area contributed by atoms with Gasteiger partial charge < -0.3 is 5.11 Å². The summed E-state index contributed by atoms with van der Waals surface area (Å²) >= 11 is 0. The number of aliphatic hydroxyl groups excluding tert-OH is 1. The van der Waals surface area contributed by atoms with Crippen molar-refractivity contribution >= 4 is 5.69 Å². The third-order valence-electron chi connectivity index (χ3n) is 3.18. The molecule has 0 aromatic heterocycles. The van der Waals surface area contributed by atoms with Crippen LogP contribution in [0.4, 0.5) is 5.69 Å². The van der Waals surface area contributed by atoms with E-state index < -0.39 is 0 Å². The third-order valence-corrected chi connectivity index (χ3v) is 3.18. The Balaban J connectivity index is 2.72. The number of aryl methyl sites for hydroxylation is 1. The maximum atomic E-state index is 10.8. The SMILES string of the molecule is CCC(CCc1ccccc1[N+](=O)[O-])C(C)O. The molecule has 0 heterocycles. The number of aliphatic hydroxyl groups is 1. The number of nitro groups is 1. The van der Waals surface area contributed by atoms with E-state index in [4.69, 9.17) is 0 Å². The normalized spacial score (nSPS) is 14.3. The van der Waals surface area contributed by atoms with Gasteiger partial charge in [0.15, 0.2) is 0 Å². The molecule has 0 aliphatic rings. The maximum Gasteiger partial charge on any atom is 0.272 e. The second-order valence-corrected chi connectivity index (χ2v) is 4.33. The van der Waals surface area contributed by atoms with Crippen LogP contribution in [0.1, 0.15) is 32.3 Å². The van der Waals surface area contributed by atoms with Crippen molar-refractivity contribution in [3.63, 3.8) is 0 Å². The highest BCUT2D eigenvalue weighted by Crippen LogP contribution is 2.23. The topological polar surface area (TPSA) is 63.4 Å². The highest BCUT2D eigenvalue weighted by molar-refractivity contribution is 5.39. The van der Waals surface area contributed by atoms with Crippen molar-refractivity contribution in [3.8, 4) is 0 Å². The minimum Gasteiger partial charge on any atom is -0.393 e. The molecule has 0 radical (unpaired) electrons. The summed E-state index contributed by atoms with van der Waals surface area (Å²) in [5.41, 5.74) is 0.921. The van der Waals surface area contributed by atoms with Gasteiger partial charge in [-0.1, -0.05) is 31.5 Å². The lowest BCUT2D eigenvalue weighted by molar-refractivity contribution is -0.385. The molecule has 0 saturated heterocycles. The Morgan fingerprint density at radius 2 is 2.06 bits per heavy atom. The molecule has 4 heteroatoms. The molecular weight excluding hydrogens is 218 g/mol. The van der Waals surface area contributed by atoms with Gasteiger partial charge in [-0.15, -0.1) is 0 Å². The van der Waals surface area contributed by atoms with E-state index in [-0.39, 0.29) is 22.6 Å². The first-order chi connectivity index (χ1) is 8.06. The van der Waals surface area contributed by atoms with Crippen LogP contribution in [-0.2, 0) is 6.42 Å². The molecule has 0 spiro atoms. The van der Waals surface area contributed by atoms with Gasteiger partial charge in [-0.05, 0) is 25.7 Å². The van der Waals surface area contributed by atoms with E-state index in [0.717, 1.165) is 18.4 Å². The summed E-state index contributed by atoms with van der Waals surface area (Å²) in [5, 5.41) is 20.4. The Bertz CT molecular complexity index is 377. The van der Waals surface area contributed by atoms with Crippen molar-refractivity contribution in [1.29, 1.82) is 0 Å². The molecule has 0 fully saturated rings. The molecular formula is C13H19NO3. The zero-order valence-corrected chi connectivity index (χ0v) is 10.3. The van der Waals surface area contributed by atoms with Crippen LogP contribution in [0.15, 0.2) is 24.3 Å². The van der Waals surface area contributed by atoms with Crippen molar-refractivity contribution in [3.05, 3.63) is 39.9 Å². The van der Waals surface area contributed by atoms with E-state index in [1.165, 1.54) is 6.07 Å². The van der Waals surface area contributed by atoms with Crippen molar-refractivity contribution < 1.29 is 10.0 Å². The van der Waals surface area contributed by atoms with Gasteiger partial charge in [-0.25, -0.2) is 0 Å². The van der Waals surface area contributed by atoms with E-state index >= 15 is 0 Å². The summed E-state index contributed by atoms with van der Waals surface area (Å²) in [6.45, 7) is 3.80. The van der Waals surface area contributed by atoms with Gasteiger partial charge in [0, 0.05) is 11.6 Å². The molecule has 0 bridgehead atoms. The Labute approximate surface area is 101 Å². The fraction of sp³-hybridized carbons (Fsp3) is 0.538. The fourth-order valence-corrected chi connectivity index (χ4v) is 2.03. The van der Waals surface area contributed by atoms with Crippen molar-refractivity contribution in [2.24, 2.45) is 5.92 Å². The molecule has 4 nitrogen and oxygen atoms in total. The second-order valence-electron chi connectivity index (χ2n) is 4.33. The molecule has 0 aliphatic carbocycles. The number of nitro benzene ring substituents is 1. The first-order valence-corrected chi connectivity index (χ1v) is 5.96. The molecule has 0 amide bonds. The van der Waals surface area contributed by atoms with E-state index in [9.17, 15) is 15.2 Å². The molecule has 2 atom stereocenters. The Morgan fingerprint density at radius 1 is 1.41 bits per heavy atom. The minimum atomic E-state index is -0.359. The molecule has 2 unspecified atom stereocenters. The summed E-state index contributed by atoms with van der Waals surface area (Å²) in [6, 6.07) is 6.80. The van der Waals surface area contributed by atoms with Gasteiger partial charge in [-0.2, -0.15) is 0 Å². The number of nitrogens with zero attached hydrogens (tertiary/aromatic N) is 1. The summed E-state index contributed by atoms with van der Waals surface area (Å²) in [5.74, 6) is 0.204. The molecule has 1 N–H and O–H groups in total. The van der Waals surface area contributed by atoms with Crippen LogP contribution in [0, 0.1) is 16.0 Å². The van der Waals surface area contributed by atoms with Crippen molar-refractivity contribution in [2.45, 2.75) is 39.2 Å². The highest BCUT2D eigenvalue weighted by atomic mass is 16.6. The maximum absolute atomic E-state index is 10.8. The summed E-state index contributed by atoms with van der Waals surface area (Å²) in [7, 11) is 0. The number of hydrogen-bond donors (Lipinski definition) is 1. The Kier molecular flexibility index (Phi) is 5.10. The zero-order valence-electron chi connectivity index (χ0n) is 10.3. The minimum absolute atomic E-state index is 0.174. The van der Waals surface area contributed by atoms with Crippen LogP contribution in [-0.4, -0.2) is 16.1 Å². The van der Waals surface area contributed by atoms with Crippen LogP contribution in [0.25, 0.3) is 0 Å². The number of benzene rings is 1. The average molecular weight is 237 g/mol. The van der Waals surface area contributed by atoms with E-state index in [1.807, 2.05) is 13.0 Å². The lowest BCUT2D eigenvalue weighted by Gasteiger charge is -2.17. The summed E-state index contributed by atoms with van der Waals surface area (Å²) < 4.78 is 0. The first kappa shape index (κ1) is 13.6. The molecule has 0 saturated carbocycles. The number of rotatable bonds is 6.